The van der Waals surface area contributed by atoms with E-state index in [4.69, 9.17) is 24.7 Å². The Bertz CT molecular complexity index is 259. The summed E-state index contributed by atoms with van der Waals surface area (Å²) in [6, 6.07) is 0. The number of rotatable bonds is 3. The number of primary amides is 1. The van der Waals surface area contributed by atoms with Crippen molar-refractivity contribution in [2.75, 3.05) is 20.8 Å². The summed E-state index contributed by atoms with van der Waals surface area (Å²) in [7, 11) is 2.93. The molecule has 1 aliphatic heterocycles. The maximum atomic E-state index is 11.0. The molecule has 1 rings (SSSR count). The number of carbonyl (C=O) groups is 1. The summed E-state index contributed by atoms with van der Waals surface area (Å²) in [6.07, 6.45) is -0.821. The van der Waals surface area contributed by atoms with Crippen LogP contribution in [0.15, 0.2) is 0 Å². The van der Waals surface area contributed by atoms with Gasteiger partial charge in [0.1, 0.15) is 0 Å². The van der Waals surface area contributed by atoms with Crippen LogP contribution in [0.4, 0.5) is 0 Å². The molecule has 1 heterocycles. The van der Waals surface area contributed by atoms with E-state index >= 15 is 0 Å². The summed E-state index contributed by atoms with van der Waals surface area (Å²) in [4.78, 5) is 11.0. The minimum atomic E-state index is -1.17. The molecule has 0 aromatic rings. The molecule has 1 fully saturated rings. The Morgan fingerprint density at radius 3 is 2.27 bits per heavy atom. The molecule has 6 heteroatoms. The molecular weight excluding hydrogens is 202 g/mol. The molecule has 0 aliphatic carbocycles. The van der Waals surface area contributed by atoms with E-state index in [1.807, 2.05) is 0 Å². The average Bonchev–Trinajstić information content (AvgIpc) is 2.22. The summed E-state index contributed by atoms with van der Waals surface area (Å²) < 4.78 is 21.2. The van der Waals surface area contributed by atoms with Crippen molar-refractivity contribution < 1.29 is 23.7 Å². The smallest absolute Gasteiger partial charge is 0.249 e. The second-order valence-electron chi connectivity index (χ2n) is 3.62. The molecule has 88 valence electrons. The highest BCUT2D eigenvalue weighted by atomic mass is 16.8. The predicted molar refractivity (Wildman–Crippen MR) is 50.8 cm³/mol. The first kappa shape index (κ1) is 12.4. The van der Waals surface area contributed by atoms with Crippen LogP contribution < -0.4 is 5.73 Å². The van der Waals surface area contributed by atoms with Gasteiger partial charge in [-0.25, -0.2) is 0 Å². The normalized spacial score (nSPS) is 41.5. The van der Waals surface area contributed by atoms with Gasteiger partial charge in [-0.2, -0.15) is 0 Å². The van der Waals surface area contributed by atoms with Gasteiger partial charge in [-0.15, -0.1) is 0 Å². The van der Waals surface area contributed by atoms with Crippen LogP contribution >= 0.6 is 0 Å². The van der Waals surface area contributed by atoms with E-state index in [2.05, 4.69) is 0 Å². The van der Waals surface area contributed by atoms with Crippen LogP contribution in [-0.2, 0) is 23.7 Å². The summed E-state index contributed by atoms with van der Waals surface area (Å²) in [5.74, 6) is -2.82. The molecule has 3 atom stereocenters. The van der Waals surface area contributed by atoms with E-state index in [-0.39, 0.29) is 6.61 Å². The van der Waals surface area contributed by atoms with Crippen LogP contribution in [0.5, 0.6) is 0 Å². The van der Waals surface area contributed by atoms with Gasteiger partial charge in [0.15, 0.2) is 6.10 Å². The van der Waals surface area contributed by atoms with Gasteiger partial charge in [0.2, 0.25) is 17.5 Å². The van der Waals surface area contributed by atoms with Gasteiger partial charge in [-0.05, 0) is 13.8 Å². The molecule has 6 nitrogen and oxygen atoms in total. The van der Waals surface area contributed by atoms with Crippen LogP contribution in [0.3, 0.4) is 0 Å². The zero-order valence-electron chi connectivity index (χ0n) is 9.40. The van der Waals surface area contributed by atoms with E-state index in [0.717, 1.165) is 0 Å². The van der Waals surface area contributed by atoms with Crippen LogP contribution in [0, 0.1) is 0 Å². The Kier molecular flexibility index (Phi) is 3.34. The quantitative estimate of drug-likeness (QED) is 0.699. The first-order chi connectivity index (χ1) is 6.88. The lowest BCUT2D eigenvalue weighted by Gasteiger charge is -2.48. The van der Waals surface area contributed by atoms with Crippen molar-refractivity contribution in [3.8, 4) is 0 Å². The lowest BCUT2D eigenvalue weighted by atomic mass is 10.1. The zero-order valence-corrected chi connectivity index (χ0v) is 9.40. The summed E-state index contributed by atoms with van der Waals surface area (Å²) in [5.41, 5.74) is 5.13. The van der Waals surface area contributed by atoms with Gasteiger partial charge >= 0.3 is 0 Å². The van der Waals surface area contributed by atoms with Crippen molar-refractivity contribution in [2.45, 2.75) is 31.5 Å². The Morgan fingerprint density at radius 1 is 1.33 bits per heavy atom. The van der Waals surface area contributed by atoms with Crippen molar-refractivity contribution in [1.29, 1.82) is 0 Å². The molecule has 0 aromatic carbocycles. The molecule has 0 spiro atoms. The van der Waals surface area contributed by atoms with Gasteiger partial charge in [0, 0.05) is 14.2 Å². The Labute approximate surface area is 88.6 Å². The van der Waals surface area contributed by atoms with E-state index in [1.165, 1.54) is 14.2 Å². The number of nitrogens with two attached hydrogens (primary N) is 1. The van der Waals surface area contributed by atoms with Crippen LogP contribution in [0.1, 0.15) is 13.8 Å². The Morgan fingerprint density at radius 2 is 1.87 bits per heavy atom. The number of amides is 1. The summed E-state index contributed by atoms with van der Waals surface area (Å²) >= 11 is 0. The van der Waals surface area contributed by atoms with E-state index in [1.54, 1.807) is 13.8 Å². The molecule has 1 amide bonds. The SMILES string of the molecule is CO[C@]1(C)OC[C@H](C(N)=O)O[C@@]1(C)OC. The molecule has 2 N–H and O–H groups in total. The van der Waals surface area contributed by atoms with Crippen molar-refractivity contribution in [3.63, 3.8) is 0 Å². The summed E-state index contributed by atoms with van der Waals surface area (Å²) in [5, 5.41) is 0. The molecule has 1 saturated heterocycles. The third-order valence-corrected chi connectivity index (χ3v) is 2.80. The maximum Gasteiger partial charge on any atom is 0.249 e. The third kappa shape index (κ3) is 1.98. The molecule has 0 bridgehead atoms. The van der Waals surface area contributed by atoms with Crippen molar-refractivity contribution in [2.24, 2.45) is 5.73 Å². The third-order valence-electron chi connectivity index (χ3n) is 2.80. The lowest BCUT2D eigenvalue weighted by Crippen LogP contribution is -2.64. The van der Waals surface area contributed by atoms with Crippen molar-refractivity contribution in [1.82, 2.24) is 0 Å². The fraction of sp³-hybridized carbons (Fsp3) is 0.889. The van der Waals surface area contributed by atoms with Crippen LogP contribution in [-0.4, -0.2) is 44.4 Å². The van der Waals surface area contributed by atoms with E-state index < -0.39 is 23.6 Å². The maximum absolute atomic E-state index is 11.0. The summed E-state index contributed by atoms with van der Waals surface area (Å²) in [6.45, 7) is 3.36. The van der Waals surface area contributed by atoms with E-state index in [0.29, 0.717) is 0 Å². The molecule has 15 heavy (non-hydrogen) atoms. The minimum Gasteiger partial charge on any atom is -0.367 e. The number of methoxy groups -OCH3 is 2. The highest BCUT2D eigenvalue weighted by Gasteiger charge is 2.54. The van der Waals surface area contributed by atoms with Gasteiger partial charge in [-0.3, -0.25) is 4.79 Å². The second kappa shape index (κ2) is 4.05. The zero-order chi connectivity index (χ0) is 11.7. The average molecular weight is 219 g/mol. The predicted octanol–water partition coefficient (Wildman–Crippen LogP) is -0.388. The second-order valence-corrected chi connectivity index (χ2v) is 3.62. The van der Waals surface area contributed by atoms with E-state index in [9.17, 15) is 4.79 Å². The number of hydrogen-bond acceptors (Lipinski definition) is 5. The monoisotopic (exact) mass is 219 g/mol. The van der Waals surface area contributed by atoms with Crippen LogP contribution in [0.2, 0.25) is 0 Å². The van der Waals surface area contributed by atoms with Gasteiger partial charge < -0.3 is 24.7 Å². The Balaban J connectivity index is 2.88. The first-order valence-corrected chi connectivity index (χ1v) is 4.60. The van der Waals surface area contributed by atoms with Crippen LogP contribution in [0.25, 0.3) is 0 Å². The fourth-order valence-corrected chi connectivity index (χ4v) is 1.40. The molecule has 0 unspecified atom stereocenters. The highest BCUT2D eigenvalue weighted by Crippen LogP contribution is 2.36. The number of carbonyl (C=O) groups excluding carboxylic acids is 1. The standard InChI is InChI=1S/C9H17NO5/c1-8(12-3)9(2,13-4)15-6(5-14-8)7(10)11/h6H,5H2,1-4H3,(H2,10,11)/t6-,8-,9-/m1/s1. The highest BCUT2D eigenvalue weighted by molar-refractivity contribution is 5.79. The number of hydrogen-bond donors (Lipinski definition) is 1. The molecule has 0 aromatic heterocycles. The fourth-order valence-electron chi connectivity index (χ4n) is 1.40. The van der Waals surface area contributed by atoms with Gasteiger partial charge in [0.05, 0.1) is 6.61 Å². The molecule has 0 radical (unpaired) electrons. The molecule has 1 aliphatic rings. The van der Waals surface area contributed by atoms with Gasteiger partial charge in [-0.1, -0.05) is 0 Å². The minimum absolute atomic E-state index is 0.0542. The first-order valence-electron chi connectivity index (χ1n) is 4.60. The van der Waals surface area contributed by atoms with Crippen molar-refractivity contribution in [3.05, 3.63) is 0 Å². The lowest BCUT2D eigenvalue weighted by molar-refractivity contribution is -0.425. The largest absolute Gasteiger partial charge is 0.367 e. The number of ether oxygens (including phenoxy) is 4. The van der Waals surface area contributed by atoms with Gasteiger partial charge in [0.25, 0.3) is 0 Å². The topological polar surface area (TPSA) is 80.0 Å². The molecule has 0 saturated carbocycles. The van der Waals surface area contributed by atoms with Crippen molar-refractivity contribution >= 4 is 5.91 Å². The Hall–Kier alpha value is -0.690. The molecular formula is C9H17NO5.